The first-order valence-corrected chi connectivity index (χ1v) is 6.30. The van der Waals surface area contributed by atoms with Crippen molar-refractivity contribution in [1.29, 1.82) is 0 Å². The van der Waals surface area contributed by atoms with Gasteiger partial charge in [0, 0.05) is 6.04 Å². The van der Waals surface area contributed by atoms with Gasteiger partial charge in [0.15, 0.2) is 0 Å². The molecular weight excluding hydrogens is 204 g/mol. The fraction of sp³-hybridized carbons (Fsp3) is 0.917. The first-order chi connectivity index (χ1) is 7.74. The Balaban J connectivity index is 2.16. The van der Waals surface area contributed by atoms with E-state index in [0.717, 1.165) is 38.8 Å². The van der Waals surface area contributed by atoms with Crippen LogP contribution in [-0.2, 0) is 9.53 Å². The van der Waals surface area contributed by atoms with Crippen molar-refractivity contribution in [3.05, 3.63) is 0 Å². The van der Waals surface area contributed by atoms with E-state index in [2.05, 4.69) is 17.1 Å². The molecule has 0 aromatic carbocycles. The average Bonchev–Trinajstić information content (AvgIpc) is 2.30. The predicted octanol–water partition coefficient (Wildman–Crippen LogP) is 1.01. The van der Waals surface area contributed by atoms with Crippen molar-refractivity contribution in [3.63, 3.8) is 0 Å². The molecule has 1 rings (SSSR count). The highest BCUT2D eigenvalue weighted by Crippen LogP contribution is 2.09. The smallest absolute Gasteiger partial charge is 0.320 e. The molecule has 0 bridgehead atoms. The van der Waals surface area contributed by atoms with Crippen LogP contribution in [0.25, 0.3) is 0 Å². The van der Waals surface area contributed by atoms with Crippen molar-refractivity contribution < 1.29 is 9.53 Å². The van der Waals surface area contributed by atoms with Crippen LogP contribution >= 0.6 is 0 Å². The Bertz CT molecular complexity index is 203. The Morgan fingerprint density at radius 3 is 2.75 bits per heavy atom. The van der Waals surface area contributed by atoms with E-state index < -0.39 is 0 Å². The summed E-state index contributed by atoms with van der Waals surface area (Å²) in [6, 6.07) is 0.528. The molecule has 0 aromatic heterocycles. The lowest BCUT2D eigenvalue weighted by molar-refractivity contribution is -0.145. The van der Waals surface area contributed by atoms with Crippen molar-refractivity contribution in [1.82, 2.24) is 10.2 Å². The zero-order chi connectivity index (χ0) is 11.8. The minimum absolute atomic E-state index is 0.0884. The van der Waals surface area contributed by atoms with Crippen molar-refractivity contribution in [2.45, 2.75) is 38.6 Å². The molecular formula is C12H24N2O2. The van der Waals surface area contributed by atoms with Crippen LogP contribution in [0.4, 0.5) is 0 Å². The van der Waals surface area contributed by atoms with Crippen LogP contribution in [0, 0.1) is 0 Å². The van der Waals surface area contributed by atoms with Gasteiger partial charge in [0.2, 0.25) is 0 Å². The van der Waals surface area contributed by atoms with E-state index in [1.165, 1.54) is 0 Å². The highest BCUT2D eigenvalue weighted by Gasteiger charge is 2.19. The number of carbonyl (C=O) groups is 1. The van der Waals surface area contributed by atoms with Crippen LogP contribution in [0.2, 0.25) is 0 Å². The third-order valence-corrected chi connectivity index (χ3v) is 3.07. The standard InChI is InChI=1S/C12H24N2O2/c1-3-4-9-16-12(15)10-14(2)11-5-7-13-8-6-11/h11,13H,3-10H2,1-2H3. The SMILES string of the molecule is CCCCOC(=O)CN(C)C1CCNCC1. The Labute approximate surface area is 98.3 Å². The molecule has 1 saturated heterocycles. The number of hydrogen-bond acceptors (Lipinski definition) is 4. The van der Waals surface area contributed by atoms with Gasteiger partial charge in [-0.15, -0.1) is 0 Å². The molecule has 0 amide bonds. The van der Waals surface area contributed by atoms with Gasteiger partial charge in [-0.3, -0.25) is 9.69 Å². The number of hydrogen-bond donors (Lipinski definition) is 1. The monoisotopic (exact) mass is 228 g/mol. The molecule has 4 heteroatoms. The molecule has 0 atom stereocenters. The van der Waals surface area contributed by atoms with E-state index in [1.54, 1.807) is 0 Å². The molecule has 0 radical (unpaired) electrons. The summed E-state index contributed by atoms with van der Waals surface area (Å²) in [6.45, 7) is 5.19. The molecule has 0 spiro atoms. The molecule has 0 unspecified atom stereocenters. The maximum absolute atomic E-state index is 11.5. The van der Waals surface area contributed by atoms with Gasteiger partial charge >= 0.3 is 5.97 Å². The highest BCUT2D eigenvalue weighted by molar-refractivity contribution is 5.71. The molecule has 0 aromatic rings. The molecule has 1 aliphatic rings. The zero-order valence-electron chi connectivity index (χ0n) is 10.5. The minimum atomic E-state index is -0.0884. The normalized spacial score (nSPS) is 17.7. The summed E-state index contributed by atoms with van der Waals surface area (Å²) in [5.41, 5.74) is 0. The Morgan fingerprint density at radius 1 is 1.44 bits per heavy atom. The lowest BCUT2D eigenvalue weighted by Crippen LogP contribution is -2.43. The maximum Gasteiger partial charge on any atom is 0.320 e. The van der Waals surface area contributed by atoms with E-state index in [9.17, 15) is 4.79 Å². The first-order valence-electron chi connectivity index (χ1n) is 6.30. The Morgan fingerprint density at radius 2 is 2.12 bits per heavy atom. The largest absolute Gasteiger partial charge is 0.465 e. The molecule has 94 valence electrons. The highest BCUT2D eigenvalue weighted by atomic mass is 16.5. The van der Waals surface area contributed by atoms with Gasteiger partial charge in [-0.1, -0.05) is 13.3 Å². The fourth-order valence-electron chi connectivity index (χ4n) is 1.96. The van der Waals surface area contributed by atoms with E-state index in [1.807, 2.05) is 7.05 Å². The molecule has 1 N–H and O–H groups in total. The van der Waals surface area contributed by atoms with Crippen LogP contribution in [0.3, 0.4) is 0 Å². The minimum Gasteiger partial charge on any atom is -0.465 e. The fourth-order valence-corrected chi connectivity index (χ4v) is 1.96. The Kier molecular flexibility index (Phi) is 6.42. The number of likely N-dealkylation sites (N-methyl/N-ethyl adjacent to an activating group) is 1. The Hall–Kier alpha value is -0.610. The van der Waals surface area contributed by atoms with E-state index in [4.69, 9.17) is 4.74 Å². The van der Waals surface area contributed by atoms with Gasteiger partial charge in [-0.25, -0.2) is 0 Å². The summed E-state index contributed by atoms with van der Waals surface area (Å²) in [5.74, 6) is -0.0884. The van der Waals surface area contributed by atoms with Crippen LogP contribution in [0.5, 0.6) is 0 Å². The summed E-state index contributed by atoms with van der Waals surface area (Å²) >= 11 is 0. The molecule has 1 aliphatic heterocycles. The molecule has 1 heterocycles. The number of carbonyl (C=O) groups excluding carboxylic acids is 1. The van der Waals surface area contributed by atoms with E-state index >= 15 is 0 Å². The lowest BCUT2D eigenvalue weighted by Gasteiger charge is -2.30. The molecule has 1 fully saturated rings. The topological polar surface area (TPSA) is 41.6 Å². The summed E-state index contributed by atoms with van der Waals surface area (Å²) in [4.78, 5) is 13.6. The van der Waals surface area contributed by atoms with E-state index in [-0.39, 0.29) is 5.97 Å². The van der Waals surface area contributed by atoms with E-state index in [0.29, 0.717) is 19.2 Å². The molecule has 0 aliphatic carbocycles. The quantitative estimate of drug-likeness (QED) is 0.544. The second kappa shape index (κ2) is 7.63. The van der Waals surface area contributed by atoms with Crippen molar-refractivity contribution in [2.24, 2.45) is 0 Å². The predicted molar refractivity (Wildman–Crippen MR) is 64.4 cm³/mol. The summed E-state index contributed by atoms with van der Waals surface area (Å²) in [5, 5.41) is 3.32. The summed E-state index contributed by atoms with van der Waals surface area (Å²) < 4.78 is 5.15. The number of rotatable bonds is 6. The average molecular weight is 228 g/mol. The number of nitrogens with one attached hydrogen (secondary N) is 1. The van der Waals surface area contributed by atoms with Gasteiger partial charge in [-0.2, -0.15) is 0 Å². The number of piperidine rings is 1. The third-order valence-electron chi connectivity index (χ3n) is 3.07. The molecule has 16 heavy (non-hydrogen) atoms. The van der Waals surface area contributed by atoms with Crippen molar-refractivity contribution >= 4 is 5.97 Å². The van der Waals surface area contributed by atoms with Crippen LogP contribution < -0.4 is 5.32 Å². The maximum atomic E-state index is 11.5. The van der Waals surface area contributed by atoms with Gasteiger partial charge in [-0.05, 0) is 39.4 Å². The second-order valence-corrected chi connectivity index (χ2v) is 4.47. The van der Waals surface area contributed by atoms with Crippen LogP contribution in [0.1, 0.15) is 32.6 Å². The lowest BCUT2D eigenvalue weighted by atomic mass is 10.1. The van der Waals surface area contributed by atoms with Crippen LogP contribution in [-0.4, -0.2) is 50.2 Å². The number of esters is 1. The summed E-state index contributed by atoms with van der Waals surface area (Å²) in [7, 11) is 2.01. The number of unbranched alkanes of at least 4 members (excludes halogenated alkanes) is 1. The van der Waals surface area contributed by atoms with Gasteiger partial charge in [0.05, 0.1) is 13.2 Å². The van der Waals surface area contributed by atoms with Crippen LogP contribution in [0.15, 0.2) is 0 Å². The third kappa shape index (κ3) is 4.94. The summed E-state index contributed by atoms with van der Waals surface area (Å²) in [6.07, 6.45) is 4.28. The number of nitrogens with zero attached hydrogens (tertiary/aromatic N) is 1. The number of ether oxygens (including phenoxy) is 1. The van der Waals surface area contributed by atoms with Crippen molar-refractivity contribution in [3.8, 4) is 0 Å². The second-order valence-electron chi connectivity index (χ2n) is 4.47. The molecule has 4 nitrogen and oxygen atoms in total. The van der Waals surface area contributed by atoms with Gasteiger partial charge in [0.25, 0.3) is 0 Å². The first kappa shape index (κ1) is 13.5. The van der Waals surface area contributed by atoms with Gasteiger partial charge < -0.3 is 10.1 Å². The molecule has 0 saturated carbocycles. The van der Waals surface area contributed by atoms with Crippen molar-refractivity contribution in [2.75, 3.05) is 33.3 Å². The van der Waals surface area contributed by atoms with Gasteiger partial charge in [0.1, 0.15) is 0 Å². The zero-order valence-corrected chi connectivity index (χ0v) is 10.5.